The molecule has 5 nitrogen and oxygen atoms in total. The van der Waals surface area contributed by atoms with Gasteiger partial charge in [0.2, 0.25) is 0 Å². The second-order valence-corrected chi connectivity index (χ2v) is 7.72. The van der Waals surface area contributed by atoms with Gasteiger partial charge in [-0.05, 0) is 71.7 Å². The van der Waals surface area contributed by atoms with E-state index in [-0.39, 0.29) is 6.09 Å². The van der Waals surface area contributed by atoms with Crippen LogP contribution in [0.4, 0.5) is 10.6 Å². The first-order valence-electron chi connectivity index (χ1n) is 9.56. The van der Waals surface area contributed by atoms with Crippen molar-refractivity contribution in [3.05, 3.63) is 23.9 Å². The molecule has 1 fully saturated rings. The molecule has 140 valence electrons. The van der Waals surface area contributed by atoms with Crippen LogP contribution in [0.1, 0.15) is 71.9 Å². The molecule has 2 heterocycles. The molecular formula is C20H33N3O2. The number of carbonyl (C=O) groups excluding carboxylic acids is 1. The van der Waals surface area contributed by atoms with E-state index in [0.717, 1.165) is 6.54 Å². The highest BCUT2D eigenvalue weighted by molar-refractivity contribution is 5.86. The minimum atomic E-state index is -0.506. The van der Waals surface area contributed by atoms with Crippen LogP contribution in [0.15, 0.2) is 18.3 Å². The largest absolute Gasteiger partial charge is 0.443 e. The van der Waals surface area contributed by atoms with E-state index in [4.69, 9.17) is 4.74 Å². The van der Waals surface area contributed by atoms with Crippen LogP contribution in [0, 0.1) is 0 Å². The van der Waals surface area contributed by atoms with E-state index in [1.54, 1.807) is 4.90 Å². The summed E-state index contributed by atoms with van der Waals surface area (Å²) in [5.41, 5.74) is 0.742. The maximum absolute atomic E-state index is 12.4. The summed E-state index contributed by atoms with van der Waals surface area (Å²) >= 11 is 0. The monoisotopic (exact) mass is 347 g/mol. The summed E-state index contributed by atoms with van der Waals surface area (Å²) in [5.74, 6) is 0.651. The number of hydrogen-bond acceptors (Lipinski definition) is 4. The number of carbonyl (C=O) groups is 1. The number of aromatic nitrogens is 1. The van der Waals surface area contributed by atoms with E-state index >= 15 is 0 Å². The Bertz CT molecular complexity index is 551. The number of amides is 1. The molecule has 0 aromatic carbocycles. The number of nitrogens with zero attached hydrogens (tertiary/aromatic N) is 3. The molecule has 1 aliphatic rings. The second kappa shape index (κ2) is 8.65. The van der Waals surface area contributed by atoms with E-state index in [2.05, 4.69) is 22.9 Å². The molecule has 2 rings (SSSR count). The van der Waals surface area contributed by atoms with Gasteiger partial charge in [-0.2, -0.15) is 0 Å². The van der Waals surface area contributed by atoms with E-state index in [9.17, 15) is 4.79 Å². The molecule has 1 atom stereocenters. The minimum absolute atomic E-state index is 0.347. The molecule has 0 aliphatic carbocycles. The fourth-order valence-electron chi connectivity index (χ4n) is 3.29. The van der Waals surface area contributed by atoms with Gasteiger partial charge in [-0.1, -0.05) is 19.4 Å². The van der Waals surface area contributed by atoms with E-state index in [1.807, 2.05) is 40.0 Å². The molecule has 0 spiro atoms. The molecule has 1 aliphatic heterocycles. The molecule has 0 N–H and O–H groups in total. The fourth-order valence-corrected chi connectivity index (χ4v) is 3.29. The number of hydrogen-bond donors (Lipinski definition) is 0. The van der Waals surface area contributed by atoms with Crippen LogP contribution in [-0.4, -0.2) is 41.2 Å². The van der Waals surface area contributed by atoms with E-state index in [0.29, 0.717) is 18.4 Å². The quantitative estimate of drug-likeness (QED) is 0.743. The lowest BCUT2D eigenvalue weighted by atomic mass is 10.1. The van der Waals surface area contributed by atoms with Crippen molar-refractivity contribution in [2.45, 2.75) is 71.9 Å². The highest BCUT2D eigenvalue weighted by Crippen LogP contribution is 2.32. The molecule has 1 saturated heterocycles. The number of likely N-dealkylation sites (tertiary alicyclic amines) is 1. The number of ether oxygens (including phenoxy) is 1. The molecule has 0 bridgehead atoms. The zero-order chi connectivity index (χ0) is 18.4. The summed E-state index contributed by atoms with van der Waals surface area (Å²) in [6.45, 7) is 12.7. The zero-order valence-electron chi connectivity index (χ0n) is 16.4. The smallest absolute Gasteiger partial charge is 0.415 e. The summed E-state index contributed by atoms with van der Waals surface area (Å²) in [7, 11) is 0. The number of rotatable bonds is 6. The first kappa shape index (κ1) is 19.7. The molecule has 1 aromatic heterocycles. The lowest BCUT2D eigenvalue weighted by Gasteiger charge is -2.27. The summed E-state index contributed by atoms with van der Waals surface area (Å²) in [6.07, 6.45) is 6.48. The number of anilines is 1. The Morgan fingerprint density at radius 3 is 2.68 bits per heavy atom. The normalized spacial score (nSPS) is 18.4. The topological polar surface area (TPSA) is 45.7 Å². The van der Waals surface area contributed by atoms with Crippen molar-refractivity contribution in [2.75, 3.05) is 24.5 Å². The summed E-state index contributed by atoms with van der Waals surface area (Å²) in [4.78, 5) is 21.1. The maximum Gasteiger partial charge on any atom is 0.415 e. The molecule has 1 aromatic rings. The van der Waals surface area contributed by atoms with Gasteiger partial charge in [0, 0.05) is 18.8 Å². The lowest BCUT2D eigenvalue weighted by molar-refractivity contribution is 0.0581. The van der Waals surface area contributed by atoms with Gasteiger partial charge >= 0.3 is 6.09 Å². The van der Waals surface area contributed by atoms with Crippen LogP contribution < -0.4 is 4.90 Å². The van der Waals surface area contributed by atoms with Crippen LogP contribution in [-0.2, 0) is 4.74 Å². The van der Waals surface area contributed by atoms with Gasteiger partial charge in [0.15, 0.2) is 0 Å². The van der Waals surface area contributed by atoms with Gasteiger partial charge in [-0.3, -0.25) is 9.80 Å². The summed E-state index contributed by atoms with van der Waals surface area (Å²) in [5, 5.41) is 0. The first-order chi connectivity index (χ1) is 11.9. The van der Waals surface area contributed by atoms with Crippen molar-refractivity contribution < 1.29 is 9.53 Å². The van der Waals surface area contributed by atoms with Gasteiger partial charge < -0.3 is 4.74 Å². The third-order valence-electron chi connectivity index (χ3n) is 4.52. The molecule has 0 radical (unpaired) electrons. The van der Waals surface area contributed by atoms with Crippen molar-refractivity contribution in [1.29, 1.82) is 0 Å². The fraction of sp³-hybridized carbons (Fsp3) is 0.700. The van der Waals surface area contributed by atoms with Crippen LogP contribution in [0.2, 0.25) is 0 Å². The zero-order valence-corrected chi connectivity index (χ0v) is 16.4. The van der Waals surface area contributed by atoms with Gasteiger partial charge in [-0.25, -0.2) is 9.78 Å². The Labute approximate surface area is 152 Å². The molecular weight excluding hydrogens is 314 g/mol. The predicted molar refractivity (Wildman–Crippen MR) is 102 cm³/mol. The van der Waals surface area contributed by atoms with Crippen molar-refractivity contribution in [1.82, 2.24) is 9.88 Å². The number of unbranched alkanes of at least 4 members (excludes halogenated alkanes) is 1. The van der Waals surface area contributed by atoms with Crippen LogP contribution >= 0.6 is 0 Å². The van der Waals surface area contributed by atoms with Gasteiger partial charge in [0.1, 0.15) is 11.4 Å². The van der Waals surface area contributed by atoms with Gasteiger partial charge in [0.05, 0.1) is 0 Å². The van der Waals surface area contributed by atoms with Crippen molar-refractivity contribution in [2.24, 2.45) is 0 Å². The predicted octanol–water partition coefficient (Wildman–Crippen LogP) is 4.78. The molecule has 0 saturated carbocycles. The Balaban J connectivity index is 2.08. The van der Waals surface area contributed by atoms with Crippen LogP contribution in [0.5, 0.6) is 0 Å². The summed E-state index contributed by atoms with van der Waals surface area (Å²) < 4.78 is 5.48. The van der Waals surface area contributed by atoms with Crippen molar-refractivity contribution in [3.63, 3.8) is 0 Å². The SMILES string of the molecule is CCCCN1CCCC1c1ccc(N(CC)C(=O)OC(C)(C)C)nc1. The number of pyridine rings is 1. The Morgan fingerprint density at radius 2 is 2.12 bits per heavy atom. The van der Waals surface area contributed by atoms with Crippen molar-refractivity contribution in [3.8, 4) is 0 Å². The third kappa shape index (κ3) is 5.43. The molecule has 5 heteroatoms. The van der Waals surface area contributed by atoms with Crippen LogP contribution in [0.25, 0.3) is 0 Å². The second-order valence-electron chi connectivity index (χ2n) is 7.72. The van der Waals surface area contributed by atoms with Crippen molar-refractivity contribution >= 4 is 11.9 Å². The van der Waals surface area contributed by atoms with Gasteiger partial charge in [-0.15, -0.1) is 0 Å². The average Bonchev–Trinajstić information content (AvgIpc) is 3.01. The minimum Gasteiger partial charge on any atom is -0.443 e. The van der Waals surface area contributed by atoms with E-state index in [1.165, 1.54) is 37.8 Å². The summed E-state index contributed by atoms with van der Waals surface area (Å²) in [6, 6.07) is 4.52. The standard InChI is InChI=1S/C20H33N3O2/c1-6-8-13-22-14-9-10-17(22)16-11-12-18(21-15-16)23(7-2)19(24)25-20(3,4)5/h11-12,15,17H,6-10,13-14H2,1-5H3. The molecule has 1 amide bonds. The Morgan fingerprint density at radius 1 is 1.36 bits per heavy atom. The molecule has 1 unspecified atom stereocenters. The van der Waals surface area contributed by atoms with Gasteiger partial charge in [0.25, 0.3) is 0 Å². The highest BCUT2D eigenvalue weighted by atomic mass is 16.6. The Hall–Kier alpha value is -1.62. The molecule has 25 heavy (non-hydrogen) atoms. The van der Waals surface area contributed by atoms with E-state index < -0.39 is 5.60 Å². The Kier molecular flexibility index (Phi) is 6.82. The van der Waals surface area contributed by atoms with Crippen LogP contribution in [0.3, 0.4) is 0 Å². The average molecular weight is 348 g/mol. The maximum atomic E-state index is 12.4. The highest BCUT2D eigenvalue weighted by Gasteiger charge is 2.27. The first-order valence-corrected chi connectivity index (χ1v) is 9.56. The third-order valence-corrected chi connectivity index (χ3v) is 4.52. The lowest BCUT2D eigenvalue weighted by Crippen LogP contribution is -2.37.